The quantitative estimate of drug-likeness (QED) is 0.570. The number of hydrogen-bond acceptors (Lipinski definition) is 3. The summed E-state index contributed by atoms with van der Waals surface area (Å²) in [6.07, 6.45) is 6.18. The molecule has 0 unspecified atom stereocenters. The Morgan fingerprint density at radius 2 is 2.00 bits per heavy atom. The fraction of sp³-hybridized carbons (Fsp3) is 0.318. The molecule has 2 aromatic rings. The molecule has 4 heteroatoms. The summed E-state index contributed by atoms with van der Waals surface area (Å²) in [5.41, 5.74) is 3.02. The molecule has 1 aliphatic heterocycles. The number of nitrogens with zero attached hydrogens (tertiary/aromatic N) is 1. The molecule has 0 aliphatic carbocycles. The van der Waals surface area contributed by atoms with Gasteiger partial charge in [-0.2, -0.15) is 0 Å². The molecular formula is C22H24FNO2. The van der Waals surface area contributed by atoms with Gasteiger partial charge in [0.15, 0.2) is 0 Å². The SMILES string of the molecule is COC(=O)/C=C/c1ccc([C@@H]2CCCN2CCc2ccccc2F)cc1. The molecule has 136 valence electrons. The number of methoxy groups -OCH3 is 1. The van der Waals surface area contributed by atoms with E-state index in [1.165, 1.54) is 24.8 Å². The van der Waals surface area contributed by atoms with Crippen LogP contribution >= 0.6 is 0 Å². The lowest BCUT2D eigenvalue weighted by Crippen LogP contribution is -2.26. The number of likely N-dealkylation sites (tertiary alicyclic amines) is 1. The minimum atomic E-state index is -0.357. The molecule has 1 heterocycles. The summed E-state index contributed by atoms with van der Waals surface area (Å²) in [7, 11) is 1.37. The zero-order valence-electron chi connectivity index (χ0n) is 15.0. The molecule has 1 aliphatic rings. The first-order valence-corrected chi connectivity index (χ1v) is 9.01. The average Bonchev–Trinajstić information content (AvgIpc) is 3.14. The van der Waals surface area contributed by atoms with Crippen molar-refractivity contribution in [1.82, 2.24) is 4.90 Å². The van der Waals surface area contributed by atoms with Gasteiger partial charge in [0, 0.05) is 18.7 Å². The topological polar surface area (TPSA) is 29.5 Å². The fourth-order valence-corrected chi connectivity index (χ4v) is 3.50. The molecule has 26 heavy (non-hydrogen) atoms. The highest BCUT2D eigenvalue weighted by atomic mass is 19.1. The standard InChI is InChI=1S/C22H24FNO2/c1-26-22(25)13-10-17-8-11-19(12-9-17)21-7-4-15-24(21)16-14-18-5-2-3-6-20(18)23/h2-3,5-6,8-13,21H,4,7,14-16H2,1H3/b13-10+/t21-/m0/s1. The van der Waals surface area contributed by atoms with Crippen molar-refractivity contribution >= 4 is 12.0 Å². The van der Waals surface area contributed by atoms with Crippen LogP contribution in [0.2, 0.25) is 0 Å². The van der Waals surface area contributed by atoms with Crippen LogP contribution in [0.1, 0.15) is 35.6 Å². The van der Waals surface area contributed by atoms with Crippen LogP contribution in [-0.2, 0) is 16.0 Å². The Labute approximate surface area is 154 Å². The van der Waals surface area contributed by atoms with Crippen molar-refractivity contribution in [2.24, 2.45) is 0 Å². The van der Waals surface area contributed by atoms with Gasteiger partial charge >= 0.3 is 5.97 Å². The van der Waals surface area contributed by atoms with Crippen molar-refractivity contribution in [2.45, 2.75) is 25.3 Å². The first-order chi connectivity index (χ1) is 12.7. The highest BCUT2D eigenvalue weighted by Gasteiger charge is 2.25. The van der Waals surface area contributed by atoms with Crippen LogP contribution in [0.25, 0.3) is 6.08 Å². The maximum absolute atomic E-state index is 13.8. The van der Waals surface area contributed by atoms with Crippen LogP contribution in [0.4, 0.5) is 4.39 Å². The van der Waals surface area contributed by atoms with E-state index in [-0.39, 0.29) is 11.8 Å². The highest BCUT2D eigenvalue weighted by Crippen LogP contribution is 2.32. The van der Waals surface area contributed by atoms with E-state index in [9.17, 15) is 9.18 Å². The molecule has 1 fully saturated rings. The molecule has 0 radical (unpaired) electrons. The Balaban J connectivity index is 1.63. The third-order valence-corrected chi connectivity index (χ3v) is 4.92. The van der Waals surface area contributed by atoms with Gasteiger partial charge in [-0.1, -0.05) is 42.5 Å². The summed E-state index contributed by atoms with van der Waals surface area (Å²) in [6.45, 7) is 1.90. The number of benzene rings is 2. The van der Waals surface area contributed by atoms with E-state index >= 15 is 0 Å². The van der Waals surface area contributed by atoms with Crippen molar-refractivity contribution in [3.8, 4) is 0 Å². The molecule has 2 aromatic carbocycles. The summed E-state index contributed by atoms with van der Waals surface area (Å²) in [5.74, 6) is -0.478. The van der Waals surface area contributed by atoms with Gasteiger partial charge in [0.2, 0.25) is 0 Å². The Morgan fingerprint density at radius 1 is 1.23 bits per heavy atom. The number of carbonyl (C=O) groups is 1. The van der Waals surface area contributed by atoms with E-state index in [0.717, 1.165) is 43.5 Å². The van der Waals surface area contributed by atoms with Crippen LogP contribution in [0.3, 0.4) is 0 Å². The predicted octanol–water partition coefficient (Wildman–Crippen LogP) is 4.39. The Bertz CT molecular complexity index is 770. The second kappa shape index (κ2) is 8.77. The lowest BCUT2D eigenvalue weighted by atomic mass is 10.0. The van der Waals surface area contributed by atoms with Crippen molar-refractivity contribution in [1.29, 1.82) is 0 Å². The van der Waals surface area contributed by atoms with Crippen molar-refractivity contribution in [2.75, 3.05) is 20.2 Å². The second-order valence-electron chi connectivity index (χ2n) is 6.56. The lowest BCUT2D eigenvalue weighted by Gasteiger charge is -2.25. The minimum absolute atomic E-state index is 0.120. The van der Waals surface area contributed by atoms with E-state index in [1.807, 2.05) is 24.3 Å². The molecule has 1 saturated heterocycles. The van der Waals surface area contributed by atoms with Gasteiger partial charge in [-0.05, 0) is 54.6 Å². The van der Waals surface area contributed by atoms with Gasteiger partial charge in [-0.15, -0.1) is 0 Å². The summed E-state index contributed by atoms with van der Waals surface area (Å²) < 4.78 is 18.4. The second-order valence-corrected chi connectivity index (χ2v) is 6.56. The number of esters is 1. The zero-order chi connectivity index (χ0) is 18.4. The van der Waals surface area contributed by atoms with Crippen LogP contribution in [-0.4, -0.2) is 31.1 Å². The molecule has 0 amide bonds. The van der Waals surface area contributed by atoms with Gasteiger partial charge in [0.05, 0.1) is 7.11 Å². The monoisotopic (exact) mass is 353 g/mol. The van der Waals surface area contributed by atoms with E-state index in [0.29, 0.717) is 6.04 Å². The molecule has 0 N–H and O–H groups in total. The average molecular weight is 353 g/mol. The first kappa shape index (κ1) is 18.3. The minimum Gasteiger partial charge on any atom is -0.466 e. The smallest absolute Gasteiger partial charge is 0.330 e. The van der Waals surface area contributed by atoms with Crippen LogP contribution in [0.15, 0.2) is 54.6 Å². The van der Waals surface area contributed by atoms with Crippen LogP contribution in [0.5, 0.6) is 0 Å². The summed E-state index contributed by atoms with van der Waals surface area (Å²) >= 11 is 0. The maximum Gasteiger partial charge on any atom is 0.330 e. The van der Waals surface area contributed by atoms with Crippen molar-refractivity contribution < 1.29 is 13.9 Å². The van der Waals surface area contributed by atoms with E-state index in [2.05, 4.69) is 21.8 Å². The molecular weight excluding hydrogens is 329 g/mol. The van der Waals surface area contributed by atoms with Gasteiger partial charge in [-0.3, -0.25) is 4.90 Å². The van der Waals surface area contributed by atoms with E-state index in [1.54, 1.807) is 12.1 Å². The summed E-state index contributed by atoms with van der Waals surface area (Å²) in [6, 6.07) is 15.6. The van der Waals surface area contributed by atoms with Gasteiger partial charge < -0.3 is 4.74 Å². The zero-order valence-corrected chi connectivity index (χ0v) is 15.0. The van der Waals surface area contributed by atoms with Crippen LogP contribution in [0, 0.1) is 5.82 Å². The van der Waals surface area contributed by atoms with E-state index in [4.69, 9.17) is 0 Å². The maximum atomic E-state index is 13.8. The van der Waals surface area contributed by atoms with Crippen LogP contribution < -0.4 is 0 Å². The number of rotatable bonds is 6. The van der Waals surface area contributed by atoms with E-state index < -0.39 is 0 Å². The first-order valence-electron chi connectivity index (χ1n) is 9.01. The third kappa shape index (κ3) is 4.58. The fourth-order valence-electron chi connectivity index (χ4n) is 3.50. The molecule has 0 aromatic heterocycles. The molecule has 0 saturated carbocycles. The Hall–Kier alpha value is -2.46. The Kier molecular flexibility index (Phi) is 6.18. The Morgan fingerprint density at radius 3 is 2.73 bits per heavy atom. The third-order valence-electron chi connectivity index (χ3n) is 4.92. The normalized spacial score (nSPS) is 17.7. The lowest BCUT2D eigenvalue weighted by molar-refractivity contribution is -0.134. The molecule has 1 atom stereocenters. The molecule has 0 bridgehead atoms. The summed E-state index contributed by atoms with van der Waals surface area (Å²) in [4.78, 5) is 13.6. The summed E-state index contributed by atoms with van der Waals surface area (Å²) in [5, 5.41) is 0. The van der Waals surface area contributed by atoms with Gasteiger partial charge in [0.25, 0.3) is 0 Å². The van der Waals surface area contributed by atoms with Gasteiger partial charge in [0.1, 0.15) is 5.82 Å². The highest BCUT2D eigenvalue weighted by molar-refractivity contribution is 5.86. The number of ether oxygens (including phenoxy) is 1. The van der Waals surface area contributed by atoms with Crippen molar-refractivity contribution in [3.05, 3.63) is 77.1 Å². The predicted molar refractivity (Wildman–Crippen MR) is 101 cm³/mol. The van der Waals surface area contributed by atoms with Gasteiger partial charge in [-0.25, -0.2) is 9.18 Å². The number of carbonyl (C=O) groups excluding carboxylic acids is 1. The molecule has 0 spiro atoms. The number of halogens is 1. The van der Waals surface area contributed by atoms with Crippen molar-refractivity contribution in [3.63, 3.8) is 0 Å². The largest absolute Gasteiger partial charge is 0.466 e. The molecule has 3 rings (SSSR count). The molecule has 3 nitrogen and oxygen atoms in total. The number of hydrogen-bond donors (Lipinski definition) is 0.